The number of carboxylic acids is 1. The monoisotopic (exact) mass is 1420 g/mol. The lowest BCUT2D eigenvalue weighted by atomic mass is 10.0. The molecule has 0 spiro atoms. The number of unbranched alkanes of at least 4 members (excludes halogenated alkanes) is 25. The molecule has 2 atom stereocenters. The molecule has 0 saturated carbocycles. The van der Waals surface area contributed by atoms with E-state index in [0.717, 1.165) is 161 Å². The first-order valence-electron chi connectivity index (χ1n) is 41.2. The minimum Gasteiger partial charge on any atom is -0.545 e. The average molecular weight is 1420 g/mol. The second-order valence-corrected chi connectivity index (χ2v) is 27.9. The van der Waals surface area contributed by atoms with Gasteiger partial charge in [-0.25, -0.2) is 0 Å². The van der Waals surface area contributed by atoms with Crippen LogP contribution in [0.5, 0.6) is 0 Å². The predicted octanol–water partition coefficient (Wildman–Crippen LogP) is 25.7. The van der Waals surface area contributed by atoms with E-state index in [1.165, 1.54) is 116 Å². The number of rotatable bonds is 74. The lowest BCUT2D eigenvalue weighted by Gasteiger charge is -2.26. The van der Waals surface area contributed by atoms with E-state index in [9.17, 15) is 19.5 Å². The summed E-state index contributed by atoms with van der Waals surface area (Å²) in [5.41, 5.74) is 0. The molecule has 9 nitrogen and oxygen atoms in total. The molecule has 0 aliphatic rings. The molecule has 0 aromatic rings. The number of carbonyl (C=O) groups is 3. The van der Waals surface area contributed by atoms with Crippen LogP contribution in [0.3, 0.4) is 0 Å². The summed E-state index contributed by atoms with van der Waals surface area (Å²) in [6, 6.07) is 0. The number of allylic oxidation sites excluding steroid dienone is 34. The highest BCUT2D eigenvalue weighted by Gasteiger charge is 2.22. The Balaban J connectivity index is 4.12. The van der Waals surface area contributed by atoms with Gasteiger partial charge in [-0.3, -0.25) is 9.59 Å². The lowest BCUT2D eigenvalue weighted by molar-refractivity contribution is -0.870. The van der Waals surface area contributed by atoms with Crippen molar-refractivity contribution in [2.45, 2.75) is 322 Å². The molecule has 0 fully saturated rings. The van der Waals surface area contributed by atoms with Crippen molar-refractivity contribution >= 4 is 17.9 Å². The van der Waals surface area contributed by atoms with Crippen molar-refractivity contribution in [3.8, 4) is 0 Å². The van der Waals surface area contributed by atoms with Gasteiger partial charge in [-0.05, 0) is 148 Å². The van der Waals surface area contributed by atoms with Crippen molar-refractivity contribution in [1.82, 2.24) is 0 Å². The Morgan fingerprint density at radius 2 is 0.524 bits per heavy atom. The van der Waals surface area contributed by atoms with Gasteiger partial charge in [-0.15, -0.1) is 0 Å². The van der Waals surface area contributed by atoms with E-state index in [0.29, 0.717) is 17.4 Å². The van der Waals surface area contributed by atoms with Gasteiger partial charge in [0.1, 0.15) is 13.2 Å². The Bertz CT molecular complexity index is 2460. The summed E-state index contributed by atoms with van der Waals surface area (Å²) in [6.45, 7) is 4.50. The summed E-state index contributed by atoms with van der Waals surface area (Å²) in [7, 11) is 5.92. The van der Waals surface area contributed by atoms with Gasteiger partial charge in [0, 0.05) is 12.8 Å². The third-order valence-corrected chi connectivity index (χ3v) is 17.0. The summed E-state index contributed by atoms with van der Waals surface area (Å²) in [6.07, 6.45) is 124. The van der Waals surface area contributed by atoms with Crippen LogP contribution < -0.4 is 5.11 Å². The van der Waals surface area contributed by atoms with E-state index in [-0.39, 0.29) is 38.6 Å². The molecule has 0 radical (unpaired) electrons. The van der Waals surface area contributed by atoms with Gasteiger partial charge in [0.25, 0.3) is 0 Å². The number of esters is 2. The highest BCUT2D eigenvalue weighted by molar-refractivity contribution is 5.70. The molecular formula is C94H151NO8. The van der Waals surface area contributed by atoms with Crippen LogP contribution in [-0.4, -0.2) is 82.3 Å². The Hall–Kier alpha value is -6.13. The van der Waals surface area contributed by atoms with Crippen LogP contribution in [0, 0.1) is 0 Å². The molecule has 0 heterocycles. The maximum Gasteiger partial charge on any atom is 0.306 e. The number of ether oxygens (including phenoxy) is 4. The average Bonchev–Trinajstić information content (AvgIpc) is 0.985. The maximum absolute atomic E-state index is 13.0. The minimum atomic E-state index is -1.64. The van der Waals surface area contributed by atoms with Gasteiger partial charge in [-0.1, -0.05) is 355 Å². The highest BCUT2D eigenvalue weighted by Crippen LogP contribution is 2.17. The molecule has 9 heteroatoms. The molecule has 0 N–H and O–H groups in total. The topological polar surface area (TPSA) is 111 Å². The minimum absolute atomic E-state index is 0.135. The number of aliphatic carboxylic acids is 1. The van der Waals surface area contributed by atoms with Crippen LogP contribution in [0.4, 0.5) is 0 Å². The van der Waals surface area contributed by atoms with Gasteiger partial charge < -0.3 is 33.3 Å². The van der Waals surface area contributed by atoms with E-state index in [4.69, 9.17) is 18.9 Å². The van der Waals surface area contributed by atoms with Gasteiger partial charge in [0.2, 0.25) is 0 Å². The van der Waals surface area contributed by atoms with Crippen molar-refractivity contribution in [2.75, 3.05) is 47.5 Å². The zero-order chi connectivity index (χ0) is 74.6. The molecule has 0 aromatic heterocycles. The van der Waals surface area contributed by atoms with Crippen LogP contribution in [0.15, 0.2) is 207 Å². The fourth-order valence-electron chi connectivity index (χ4n) is 10.8. The molecule has 0 bridgehead atoms. The first kappa shape index (κ1) is 96.9. The van der Waals surface area contributed by atoms with E-state index in [1.807, 2.05) is 21.1 Å². The standard InChI is InChI=1S/C94H151NO8/c1-6-8-10-12-14-16-18-20-22-24-26-28-30-32-34-36-38-40-42-44-46-48-50-52-54-56-58-60-62-64-66-68-70-72-74-76-78-80-82-84-91(96)101-88-90(89-102-94(93(98)99)100-87-86-95(3,4)5)103-92(97)85-83-81-79-77-75-73-71-69-67-65-63-61-59-57-55-53-51-49-47-45-43-41-39-37-35-33-31-29-27-25-23-21-19-17-15-13-11-9-7-2/h8-11,14-17,20-23,26-29,32-35,38-41,45,47,51,53,57,59,63,65,69,71,90,94H,6-7,12-13,18-19,24-25,30-31,36-37,42-44,46,48-50,52,54-56,58,60-62,64,66-68,70,72-89H2,1-5H3/b10-8-,11-9-,16-14-,17-15-,22-20-,23-21-,28-26-,29-27-,34-32-,35-33-,40-38-,41-39-,47-45-,53-51-,59-57-,65-63-,71-69-. The zero-order valence-corrected chi connectivity index (χ0v) is 66.4. The number of quaternary nitrogens is 1. The Kier molecular flexibility index (Phi) is 76.7. The van der Waals surface area contributed by atoms with Crippen molar-refractivity contribution in [2.24, 2.45) is 0 Å². The smallest absolute Gasteiger partial charge is 0.306 e. The van der Waals surface area contributed by atoms with Gasteiger partial charge in [0.05, 0.1) is 40.3 Å². The number of likely N-dealkylation sites (N-methyl/N-ethyl adjacent to an activating group) is 1. The molecule has 0 aliphatic carbocycles. The summed E-state index contributed by atoms with van der Waals surface area (Å²) < 4.78 is 22.8. The van der Waals surface area contributed by atoms with Crippen molar-refractivity contribution < 1.29 is 42.9 Å². The SMILES string of the molecule is CC/C=C\C/C=C\C/C=C\C/C=C\C/C=C\C/C=C\C/C=C\C/C=C\C/C=C\C/C=C\C/C=C\CCCCCCCC(=O)OC(COC(=O)CCCCCCCCCCCCCCCCCCCCCC/C=C\C/C=C\C/C=C\C/C=C\C/C=C\C/C=C\CC)COC(OCC[N+](C)(C)C)C(=O)[O-]. The zero-order valence-electron chi connectivity index (χ0n) is 66.4. The molecule has 103 heavy (non-hydrogen) atoms. The third kappa shape index (κ3) is 83.0. The Labute approximate surface area is 633 Å². The number of hydrogen-bond donors (Lipinski definition) is 0. The summed E-state index contributed by atoms with van der Waals surface area (Å²) in [4.78, 5) is 37.6. The molecule has 580 valence electrons. The third-order valence-electron chi connectivity index (χ3n) is 17.0. The molecule has 0 aromatic carbocycles. The number of carboxylic acid groups (broad SMARTS) is 1. The van der Waals surface area contributed by atoms with Crippen LogP contribution in [0.2, 0.25) is 0 Å². The van der Waals surface area contributed by atoms with Crippen molar-refractivity contribution in [3.63, 3.8) is 0 Å². The van der Waals surface area contributed by atoms with Crippen LogP contribution in [0.1, 0.15) is 309 Å². The Morgan fingerprint density at radius 3 is 0.777 bits per heavy atom. The van der Waals surface area contributed by atoms with E-state index in [2.05, 4.69) is 220 Å². The van der Waals surface area contributed by atoms with Gasteiger partial charge in [0.15, 0.2) is 12.4 Å². The molecular weight excluding hydrogens is 1270 g/mol. The van der Waals surface area contributed by atoms with Crippen LogP contribution >= 0.6 is 0 Å². The number of hydrogen-bond acceptors (Lipinski definition) is 8. The van der Waals surface area contributed by atoms with E-state index >= 15 is 0 Å². The summed E-state index contributed by atoms with van der Waals surface area (Å²) in [5.74, 6) is -2.32. The van der Waals surface area contributed by atoms with E-state index in [1.54, 1.807) is 0 Å². The second kappa shape index (κ2) is 81.5. The van der Waals surface area contributed by atoms with Crippen molar-refractivity contribution in [3.05, 3.63) is 207 Å². The number of nitrogens with zero attached hydrogens (tertiary/aromatic N) is 1. The second-order valence-electron chi connectivity index (χ2n) is 27.9. The van der Waals surface area contributed by atoms with Crippen LogP contribution in [0.25, 0.3) is 0 Å². The fraction of sp³-hybridized carbons (Fsp3) is 0.606. The number of carbonyl (C=O) groups excluding carboxylic acids is 3. The molecule has 0 aliphatic heterocycles. The van der Waals surface area contributed by atoms with Gasteiger partial charge >= 0.3 is 11.9 Å². The first-order valence-corrected chi connectivity index (χ1v) is 41.2. The highest BCUT2D eigenvalue weighted by atomic mass is 16.7. The van der Waals surface area contributed by atoms with E-state index < -0.39 is 24.3 Å². The molecule has 2 unspecified atom stereocenters. The lowest BCUT2D eigenvalue weighted by Crippen LogP contribution is -2.44. The van der Waals surface area contributed by atoms with Crippen molar-refractivity contribution in [1.29, 1.82) is 0 Å². The molecule has 0 rings (SSSR count). The summed E-state index contributed by atoms with van der Waals surface area (Å²) >= 11 is 0. The predicted molar refractivity (Wildman–Crippen MR) is 444 cm³/mol. The Morgan fingerprint density at radius 1 is 0.291 bits per heavy atom. The maximum atomic E-state index is 13.0. The van der Waals surface area contributed by atoms with Crippen LogP contribution in [-0.2, 0) is 33.3 Å². The summed E-state index contributed by atoms with van der Waals surface area (Å²) in [5, 5.41) is 11.9. The quantitative estimate of drug-likeness (QED) is 0.0195. The first-order chi connectivity index (χ1) is 50.6. The normalized spacial score (nSPS) is 13.8. The molecule has 0 saturated heterocycles. The van der Waals surface area contributed by atoms with Gasteiger partial charge in [-0.2, -0.15) is 0 Å². The molecule has 0 amide bonds. The largest absolute Gasteiger partial charge is 0.545 e. The fourth-order valence-corrected chi connectivity index (χ4v) is 10.8.